The summed E-state index contributed by atoms with van der Waals surface area (Å²) in [6.45, 7) is 3.21. The van der Waals surface area contributed by atoms with E-state index in [1.54, 1.807) is 6.92 Å². The third kappa shape index (κ3) is 3.19. The molecule has 1 rings (SSSR count). The van der Waals surface area contributed by atoms with E-state index < -0.39 is 10.2 Å². The molecule has 1 fully saturated rings. The molecule has 1 unspecified atom stereocenters. The summed E-state index contributed by atoms with van der Waals surface area (Å²) >= 11 is 0. The first-order valence-electron chi connectivity index (χ1n) is 5.98. The van der Waals surface area contributed by atoms with Crippen LogP contribution in [0, 0.1) is 12.3 Å². The fourth-order valence-electron chi connectivity index (χ4n) is 2.12. The summed E-state index contributed by atoms with van der Waals surface area (Å²) in [4.78, 5) is 0. The second-order valence-corrected chi connectivity index (χ2v) is 6.02. The van der Waals surface area contributed by atoms with Crippen LogP contribution < -0.4 is 5.73 Å². The lowest BCUT2D eigenvalue weighted by Crippen LogP contribution is -2.53. The average Bonchev–Trinajstić information content (AvgIpc) is 2.35. The fourth-order valence-corrected chi connectivity index (χ4v) is 3.91. The van der Waals surface area contributed by atoms with Crippen molar-refractivity contribution < 1.29 is 8.42 Å². The highest BCUT2D eigenvalue weighted by Crippen LogP contribution is 2.21. The van der Waals surface area contributed by atoms with Gasteiger partial charge in [-0.15, -0.1) is 6.42 Å². The zero-order valence-corrected chi connectivity index (χ0v) is 11.1. The normalized spacial score (nSPS) is 22.6. The Balaban J connectivity index is 2.90. The molecule has 0 spiro atoms. The van der Waals surface area contributed by atoms with Crippen molar-refractivity contribution in [3.05, 3.63) is 0 Å². The Kier molecular flexibility index (Phi) is 5.40. The molecule has 0 amide bonds. The summed E-state index contributed by atoms with van der Waals surface area (Å²) < 4.78 is 27.6. The molecule has 0 aromatic heterocycles. The van der Waals surface area contributed by atoms with Crippen LogP contribution in [0.3, 0.4) is 0 Å². The van der Waals surface area contributed by atoms with Crippen molar-refractivity contribution >= 4 is 10.2 Å². The molecule has 1 aliphatic heterocycles. The van der Waals surface area contributed by atoms with E-state index in [1.807, 2.05) is 0 Å². The fraction of sp³-hybridized carbons (Fsp3) is 0.818. The molecule has 2 N–H and O–H groups in total. The summed E-state index contributed by atoms with van der Waals surface area (Å²) in [5, 5.41) is 0. The van der Waals surface area contributed by atoms with Gasteiger partial charge in [0.1, 0.15) is 0 Å². The minimum Gasteiger partial charge on any atom is -0.329 e. The molecule has 1 saturated heterocycles. The van der Waals surface area contributed by atoms with E-state index in [0.29, 0.717) is 19.6 Å². The van der Waals surface area contributed by atoms with Crippen LogP contribution in [0.25, 0.3) is 0 Å². The molecular formula is C11H21N3O2S. The van der Waals surface area contributed by atoms with Gasteiger partial charge in [-0.3, -0.25) is 0 Å². The summed E-state index contributed by atoms with van der Waals surface area (Å²) in [5.74, 6) is 2.39. The predicted octanol–water partition coefficient (Wildman–Crippen LogP) is -0.000500. The molecule has 0 aromatic carbocycles. The zero-order valence-electron chi connectivity index (χ0n) is 10.3. The van der Waals surface area contributed by atoms with Crippen molar-refractivity contribution in [1.82, 2.24) is 8.61 Å². The summed E-state index contributed by atoms with van der Waals surface area (Å²) in [5.41, 5.74) is 5.64. The van der Waals surface area contributed by atoms with Crippen molar-refractivity contribution in [2.45, 2.75) is 32.2 Å². The summed E-state index contributed by atoms with van der Waals surface area (Å²) in [7, 11) is -3.45. The Morgan fingerprint density at radius 3 is 2.76 bits per heavy atom. The van der Waals surface area contributed by atoms with Gasteiger partial charge in [0, 0.05) is 25.7 Å². The smallest absolute Gasteiger partial charge is 0.283 e. The SMILES string of the molecule is C#CCN(CC)S(=O)(=O)N1CCCCC1CN. The second-order valence-electron chi connectivity index (χ2n) is 4.13. The maximum Gasteiger partial charge on any atom is 0.283 e. The molecule has 6 heteroatoms. The molecule has 5 nitrogen and oxygen atoms in total. The molecule has 0 bridgehead atoms. The number of nitrogens with two attached hydrogens (primary N) is 1. The third-order valence-electron chi connectivity index (χ3n) is 3.09. The largest absolute Gasteiger partial charge is 0.329 e. The highest BCUT2D eigenvalue weighted by Gasteiger charge is 2.34. The maximum atomic E-state index is 12.4. The Hall–Kier alpha value is -0.610. The van der Waals surface area contributed by atoms with Crippen LogP contribution in [0.4, 0.5) is 0 Å². The minimum absolute atomic E-state index is 0.0828. The number of rotatable bonds is 5. The van der Waals surface area contributed by atoms with Crippen molar-refractivity contribution in [2.24, 2.45) is 5.73 Å². The minimum atomic E-state index is -3.45. The molecule has 98 valence electrons. The van der Waals surface area contributed by atoms with Gasteiger partial charge < -0.3 is 5.73 Å². The molecule has 1 heterocycles. The number of hydrogen-bond acceptors (Lipinski definition) is 3. The van der Waals surface area contributed by atoms with Gasteiger partial charge in [-0.1, -0.05) is 19.3 Å². The van der Waals surface area contributed by atoms with Crippen molar-refractivity contribution in [2.75, 3.05) is 26.2 Å². The van der Waals surface area contributed by atoms with Crippen molar-refractivity contribution in [1.29, 1.82) is 0 Å². The van der Waals surface area contributed by atoms with Gasteiger partial charge in [0.25, 0.3) is 10.2 Å². The molecule has 17 heavy (non-hydrogen) atoms. The Morgan fingerprint density at radius 1 is 1.53 bits per heavy atom. The Labute approximate surface area is 104 Å². The van der Waals surface area contributed by atoms with Gasteiger partial charge >= 0.3 is 0 Å². The highest BCUT2D eigenvalue weighted by molar-refractivity contribution is 7.86. The molecule has 1 aliphatic rings. The van der Waals surface area contributed by atoms with E-state index in [9.17, 15) is 8.42 Å². The van der Waals surface area contributed by atoms with Crippen LogP contribution in [0.2, 0.25) is 0 Å². The van der Waals surface area contributed by atoms with Gasteiger partial charge in [0.15, 0.2) is 0 Å². The van der Waals surface area contributed by atoms with Gasteiger partial charge in [-0.25, -0.2) is 0 Å². The second kappa shape index (κ2) is 6.36. The average molecular weight is 259 g/mol. The van der Waals surface area contributed by atoms with E-state index >= 15 is 0 Å². The first kappa shape index (κ1) is 14.5. The first-order chi connectivity index (χ1) is 8.07. The van der Waals surface area contributed by atoms with E-state index in [4.69, 9.17) is 12.2 Å². The monoisotopic (exact) mass is 259 g/mol. The highest BCUT2D eigenvalue weighted by atomic mass is 32.2. The molecule has 0 aliphatic carbocycles. The summed E-state index contributed by atoms with van der Waals surface area (Å²) in [6.07, 6.45) is 7.96. The van der Waals surface area contributed by atoms with Crippen LogP contribution >= 0.6 is 0 Å². The lowest BCUT2D eigenvalue weighted by atomic mass is 10.1. The van der Waals surface area contributed by atoms with Gasteiger partial charge in [0.05, 0.1) is 6.54 Å². The van der Waals surface area contributed by atoms with Gasteiger partial charge in [0.2, 0.25) is 0 Å². The van der Waals surface area contributed by atoms with Crippen LogP contribution in [0.15, 0.2) is 0 Å². The van der Waals surface area contributed by atoms with E-state index in [2.05, 4.69) is 5.92 Å². The van der Waals surface area contributed by atoms with Crippen LogP contribution in [-0.2, 0) is 10.2 Å². The quantitative estimate of drug-likeness (QED) is 0.707. The van der Waals surface area contributed by atoms with Crippen LogP contribution in [-0.4, -0.2) is 49.2 Å². The van der Waals surface area contributed by atoms with E-state index in [-0.39, 0.29) is 12.6 Å². The molecule has 0 aromatic rings. The third-order valence-corrected chi connectivity index (χ3v) is 5.20. The Bertz CT molecular complexity index is 375. The van der Waals surface area contributed by atoms with E-state index in [1.165, 1.54) is 8.61 Å². The number of nitrogens with zero attached hydrogens (tertiary/aromatic N) is 2. The van der Waals surface area contributed by atoms with Crippen LogP contribution in [0.1, 0.15) is 26.2 Å². The van der Waals surface area contributed by atoms with E-state index in [0.717, 1.165) is 19.3 Å². The lowest BCUT2D eigenvalue weighted by Gasteiger charge is -2.36. The molecule has 0 radical (unpaired) electrons. The van der Waals surface area contributed by atoms with Crippen LogP contribution in [0.5, 0.6) is 0 Å². The topological polar surface area (TPSA) is 66.6 Å². The van der Waals surface area contributed by atoms with Crippen molar-refractivity contribution in [3.63, 3.8) is 0 Å². The maximum absolute atomic E-state index is 12.4. The number of hydrogen-bond donors (Lipinski definition) is 1. The van der Waals surface area contributed by atoms with Gasteiger partial charge in [-0.2, -0.15) is 17.0 Å². The predicted molar refractivity (Wildman–Crippen MR) is 68.4 cm³/mol. The van der Waals surface area contributed by atoms with Crippen molar-refractivity contribution in [3.8, 4) is 12.3 Å². The number of terminal acetylenes is 1. The van der Waals surface area contributed by atoms with Gasteiger partial charge in [-0.05, 0) is 12.8 Å². The molecular weight excluding hydrogens is 238 g/mol. The lowest BCUT2D eigenvalue weighted by molar-refractivity contribution is 0.239. The standard InChI is InChI=1S/C11H21N3O2S/c1-3-8-13(4-2)17(15,16)14-9-6-5-7-11(14)10-12/h1,11H,4-10,12H2,2H3. The number of piperidine rings is 1. The Morgan fingerprint density at radius 2 is 2.24 bits per heavy atom. The molecule has 0 saturated carbocycles. The zero-order chi connectivity index (χ0) is 12.9. The first-order valence-corrected chi connectivity index (χ1v) is 7.38. The molecule has 1 atom stereocenters. The summed E-state index contributed by atoms with van der Waals surface area (Å²) in [6, 6.07) is -0.0828.